The molecule has 0 unspecified atom stereocenters. The Hall–Kier alpha value is -0.930. The van der Waals surface area contributed by atoms with Gasteiger partial charge in [0.25, 0.3) is 0 Å². The lowest BCUT2D eigenvalue weighted by Gasteiger charge is -2.53. The van der Waals surface area contributed by atoms with E-state index in [1.165, 1.54) is 25.9 Å². The van der Waals surface area contributed by atoms with Crippen LogP contribution in [0.25, 0.3) is 0 Å². The highest BCUT2D eigenvalue weighted by Gasteiger charge is 2.43. The minimum Gasteiger partial charge on any atom is -0.399 e. The zero-order chi connectivity index (χ0) is 12.8. The molecule has 2 saturated heterocycles. The number of anilines is 2. The standard InChI is InChI=1S/C14H20ClN3/c1-17-9-14(10-17)4-6-18(7-5-14)13-3-2-11(16)8-12(13)15/h2-3,8H,4-7,9-10,16H2,1H3. The third-order valence-electron chi connectivity index (χ3n) is 4.35. The molecule has 18 heavy (non-hydrogen) atoms. The molecule has 2 fully saturated rings. The molecule has 0 amide bonds. The van der Waals surface area contributed by atoms with Crippen LogP contribution in [0.15, 0.2) is 18.2 Å². The number of likely N-dealkylation sites (tertiary alicyclic amines) is 1. The van der Waals surface area contributed by atoms with Crippen LogP contribution >= 0.6 is 11.6 Å². The van der Waals surface area contributed by atoms with Crippen molar-refractivity contribution in [1.29, 1.82) is 0 Å². The van der Waals surface area contributed by atoms with E-state index in [2.05, 4.69) is 16.8 Å². The second-order valence-electron chi connectivity index (χ2n) is 5.87. The van der Waals surface area contributed by atoms with Gasteiger partial charge in [0, 0.05) is 31.9 Å². The fourth-order valence-corrected chi connectivity index (χ4v) is 3.73. The zero-order valence-electron chi connectivity index (χ0n) is 10.8. The zero-order valence-corrected chi connectivity index (χ0v) is 11.6. The van der Waals surface area contributed by atoms with Crippen LogP contribution in [0, 0.1) is 5.41 Å². The molecule has 3 rings (SSSR count). The van der Waals surface area contributed by atoms with Gasteiger partial charge in [0.05, 0.1) is 10.7 Å². The Morgan fingerprint density at radius 3 is 2.44 bits per heavy atom. The predicted octanol–water partition coefficient (Wildman–Crippen LogP) is 2.45. The van der Waals surface area contributed by atoms with Crippen LogP contribution in [-0.4, -0.2) is 38.1 Å². The first kappa shape index (κ1) is 12.1. The van der Waals surface area contributed by atoms with E-state index in [1.54, 1.807) is 0 Å². The van der Waals surface area contributed by atoms with E-state index in [0.29, 0.717) is 5.41 Å². The summed E-state index contributed by atoms with van der Waals surface area (Å²) in [6.07, 6.45) is 2.55. The Bertz CT molecular complexity index is 444. The van der Waals surface area contributed by atoms with Gasteiger partial charge in [-0.05, 0) is 43.5 Å². The summed E-state index contributed by atoms with van der Waals surface area (Å²) in [7, 11) is 2.20. The van der Waals surface area contributed by atoms with Crippen LogP contribution in [-0.2, 0) is 0 Å². The van der Waals surface area contributed by atoms with Gasteiger partial charge in [-0.1, -0.05) is 11.6 Å². The van der Waals surface area contributed by atoms with E-state index in [4.69, 9.17) is 17.3 Å². The molecule has 0 aromatic heterocycles. The minimum atomic E-state index is 0.589. The van der Waals surface area contributed by atoms with Gasteiger partial charge in [0.15, 0.2) is 0 Å². The SMILES string of the molecule is CN1CC2(CCN(c3ccc(N)cc3Cl)CC2)C1. The lowest BCUT2D eigenvalue weighted by atomic mass is 9.72. The first-order valence-electron chi connectivity index (χ1n) is 6.57. The van der Waals surface area contributed by atoms with Gasteiger partial charge in [-0.25, -0.2) is 0 Å². The number of rotatable bonds is 1. The van der Waals surface area contributed by atoms with Gasteiger partial charge >= 0.3 is 0 Å². The van der Waals surface area contributed by atoms with Crippen molar-refractivity contribution < 1.29 is 0 Å². The van der Waals surface area contributed by atoms with Crippen molar-refractivity contribution in [3.8, 4) is 0 Å². The quantitative estimate of drug-likeness (QED) is 0.792. The van der Waals surface area contributed by atoms with Gasteiger partial charge in [-0.3, -0.25) is 0 Å². The number of hydrogen-bond donors (Lipinski definition) is 1. The van der Waals surface area contributed by atoms with Gasteiger partial charge in [-0.2, -0.15) is 0 Å². The monoisotopic (exact) mass is 265 g/mol. The minimum absolute atomic E-state index is 0.589. The number of nitrogen functional groups attached to an aromatic ring is 1. The molecule has 98 valence electrons. The molecule has 0 atom stereocenters. The normalized spacial score (nSPS) is 23.1. The first-order chi connectivity index (χ1) is 8.58. The number of nitrogens with zero attached hydrogens (tertiary/aromatic N) is 2. The third-order valence-corrected chi connectivity index (χ3v) is 4.65. The van der Waals surface area contributed by atoms with E-state index in [9.17, 15) is 0 Å². The van der Waals surface area contributed by atoms with E-state index in [0.717, 1.165) is 29.5 Å². The first-order valence-corrected chi connectivity index (χ1v) is 6.94. The van der Waals surface area contributed by atoms with Crippen molar-refractivity contribution in [2.24, 2.45) is 5.41 Å². The maximum absolute atomic E-state index is 6.28. The summed E-state index contributed by atoms with van der Waals surface area (Å²) < 4.78 is 0. The Kier molecular flexibility index (Phi) is 2.91. The lowest BCUT2D eigenvalue weighted by Crippen LogP contribution is -2.58. The maximum Gasteiger partial charge on any atom is 0.0660 e. The third kappa shape index (κ3) is 2.06. The fourth-order valence-electron chi connectivity index (χ4n) is 3.42. The Morgan fingerprint density at radius 2 is 1.89 bits per heavy atom. The van der Waals surface area contributed by atoms with Crippen molar-refractivity contribution in [2.45, 2.75) is 12.8 Å². The number of nitrogens with two attached hydrogens (primary N) is 1. The Morgan fingerprint density at radius 1 is 1.22 bits per heavy atom. The van der Waals surface area contributed by atoms with Gasteiger partial charge in [0.2, 0.25) is 0 Å². The molecule has 2 N–H and O–H groups in total. The van der Waals surface area contributed by atoms with Gasteiger partial charge in [-0.15, -0.1) is 0 Å². The van der Waals surface area contributed by atoms with Crippen molar-refractivity contribution in [3.05, 3.63) is 23.2 Å². The van der Waals surface area contributed by atoms with Crippen molar-refractivity contribution in [1.82, 2.24) is 4.90 Å². The summed E-state index contributed by atoms with van der Waals surface area (Å²) in [5.41, 5.74) is 8.19. The topological polar surface area (TPSA) is 32.5 Å². The van der Waals surface area contributed by atoms with Crippen LogP contribution in [0.3, 0.4) is 0 Å². The fraction of sp³-hybridized carbons (Fsp3) is 0.571. The Balaban J connectivity index is 1.69. The summed E-state index contributed by atoms with van der Waals surface area (Å²) >= 11 is 6.28. The van der Waals surface area contributed by atoms with Crippen molar-refractivity contribution in [3.63, 3.8) is 0 Å². The largest absolute Gasteiger partial charge is 0.399 e. The highest BCUT2D eigenvalue weighted by Crippen LogP contribution is 2.41. The average Bonchev–Trinajstić information content (AvgIpc) is 2.29. The number of benzene rings is 1. The van der Waals surface area contributed by atoms with Crippen LogP contribution in [0.4, 0.5) is 11.4 Å². The number of piperidine rings is 1. The number of hydrogen-bond acceptors (Lipinski definition) is 3. The summed E-state index contributed by atoms with van der Waals surface area (Å²) in [5, 5.41) is 0.775. The van der Waals surface area contributed by atoms with E-state index >= 15 is 0 Å². The average molecular weight is 266 g/mol. The molecule has 1 aromatic carbocycles. The molecule has 3 nitrogen and oxygen atoms in total. The smallest absolute Gasteiger partial charge is 0.0660 e. The molecule has 0 bridgehead atoms. The molecule has 1 spiro atoms. The van der Waals surface area contributed by atoms with E-state index < -0.39 is 0 Å². The Labute approximate surface area is 114 Å². The van der Waals surface area contributed by atoms with E-state index in [1.807, 2.05) is 18.2 Å². The molecule has 0 radical (unpaired) electrons. The maximum atomic E-state index is 6.28. The van der Waals surface area contributed by atoms with Crippen molar-refractivity contribution >= 4 is 23.0 Å². The molecular weight excluding hydrogens is 246 g/mol. The molecular formula is C14H20ClN3. The predicted molar refractivity (Wildman–Crippen MR) is 77.2 cm³/mol. The highest BCUT2D eigenvalue weighted by molar-refractivity contribution is 6.33. The number of halogens is 1. The van der Waals surface area contributed by atoms with Gasteiger partial charge < -0.3 is 15.5 Å². The molecule has 1 aromatic rings. The molecule has 0 saturated carbocycles. The second kappa shape index (κ2) is 4.32. The van der Waals surface area contributed by atoms with Crippen LogP contribution in [0.2, 0.25) is 5.02 Å². The highest BCUT2D eigenvalue weighted by atomic mass is 35.5. The van der Waals surface area contributed by atoms with Gasteiger partial charge in [0.1, 0.15) is 0 Å². The van der Waals surface area contributed by atoms with Crippen LogP contribution in [0.5, 0.6) is 0 Å². The van der Waals surface area contributed by atoms with Crippen molar-refractivity contribution in [2.75, 3.05) is 43.9 Å². The summed E-state index contributed by atoms with van der Waals surface area (Å²) in [5.74, 6) is 0. The van der Waals surface area contributed by atoms with E-state index in [-0.39, 0.29) is 0 Å². The molecule has 4 heteroatoms. The molecule has 2 heterocycles. The molecule has 2 aliphatic heterocycles. The summed E-state index contributed by atoms with van der Waals surface area (Å²) in [6.45, 7) is 4.74. The van der Waals surface area contributed by atoms with Crippen LogP contribution < -0.4 is 10.6 Å². The summed E-state index contributed by atoms with van der Waals surface area (Å²) in [6, 6.07) is 5.82. The second-order valence-corrected chi connectivity index (χ2v) is 6.28. The molecule has 2 aliphatic rings. The molecule has 0 aliphatic carbocycles. The summed E-state index contributed by atoms with van der Waals surface area (Å²) in [4.78, 5) is 4.80. The van der Waals surface area contributed by atoms with Crippen LogP contribution in [0.1, 0.15) is 12.8 Å². The lowest BCUT2D eigenvalue weighted by molar-refractivity contribution is 0.00132.